The predicted octanol–water partition coefficient (Wildman–Crippen LogP) is 3.06. The summed E-state index contributed by atoms with van der Waals surface area (Å²) >= 11 is 0. The monoisotopic (exact) mass is 325 g/mol. The normalized spacial score (nSPS) is 11.8. The molecule has 0 heterocycles. The van der Waals surface area contributed by atoms with E-state index in [4.69, 9.17) is 5.11 Å². The van der Waals surface area contributed by atoms with Crippen molar-refractivity contribution in [3.63, 3.8) is 0 Å². The van der Waals surface area contributed by atoms with Crippen LogP contribution in [0.5, 0.6) is 0 Å². The fourth-order valence-corrected chi connectivity index (χ4v) is 2.52. The van der Waals surface area contributed by atoms with Gasteiger partial charge in [0.25, 0.3) is 5.91 Å². The van der Waals surface area contributed by atoms with Crippen molar-refractivity contribution < 1.29 is 14.7 Å². The van der Waals surface area contributed by atoms with Crippen LogP contribution >= 0.6 is 0 Å². The zero-order valence-electron chi connectivity index (χ0n) is 13.9. The van der Waals surface area contributed by atoms with Gasteiger partial charge in [-0.3, -0.25) is 9.59 Å². The molecule has 24 heavy (non-hydrogen) atoms. The fraction of sp³-hybridized carbons (Fsp3) is 0.300. The molecule has 2 aromatic carbocycles. The number of benzene rings is 2. The topological polar surface area (TPSA) is 66.4 Å². The van der Waals surface area contributed by atoms with Crippen LogP contribution in [-0.4, -0.2) is 29.9 Å². The number of carbonyl (C=O) groups excluding carboxylic acids is 2. The Bertz CT molecular complexity index is 682. The van der Waals surface area contributed by atoms with Crippen LogP contribution in [0.3, 0.4) is 0 Å². The minimum atomic E-state index is -0.244. The molecule has 4 nitrogen and oxygen atoms in total. The van der Waals surface area contributed by atoms with Crippen LogP contribution in [0.25, 0.3) is 0 Å². The molecule has 4 heteroatoms. The summed E-state index contributed by atoms with van der Waals surface area (Å²) in [4.78, 5) is 25.1. The molecule has 1 amide bonds. The smallest absolute Gasteiger partial charge is 0.252 e. The molecule has 0 aliphatic heterocycles. The summed E-state index contributed by atoms with van der Waals surface area (Å²) in [5, 5.41) is 11.8. The third kappa shape index (κ3) is 4.77. The Balaban J connectivity index is 2.08. The van der Waals surface area contributed by atoms with Gasteiger partial charge in [0.05, 0.1) is 5.56 Å². The van der Waals surface area contributed by atoms with Gasteiger partial charge in [-0.05, 0) is 24.8 Å². The number of aliphatic hydroxyl groups excluding tert-OH is 1. The molecular weight excluding hydrogens is 302 g/mol. The summed E-state index contributed by atoms with van der Waals surface area (Å²) in [6.45, 7) is 2.71. The fourth-order valence-electron chi connectivity index (χ4n) is 2.52. The maximum Gasteiger partial charge on any atom is 0.252 e. The highest BCUT2D eigenvalue weighted by Gasteiger charge is 2.17. The average molecular weight is 325 g/mol. The first-order valence-electron chi connectivity index (χ1n) is 8.21. The molecule has 2 aromatic rings. The second-order valence-corrected chi connectivity index (χ2v) is 5.90. The SMILES string of the molecule is C[C@@H](CCO)CCNC(=O)c1ccccc1C(=O)c1ccccc1. The van der Waals surface area contributed by atoms with Crippen LogP contribution in [0.2, 0.25) is 0 Å². The standard InChI is InChI=1S/C20H23NO3/c1-15(12-14-22)11-13-21-20(24)18-10-6-5-9-17(18)19(23)16-7-3-2-4-8-16/h2-10,15,22H,11-14H2,1H3,(H,21,24)/t15-/m1/s1. The number of amides is 1. The van der Waals surface area contributed by atoms with E-state index in [1.54, 1.807) is 48.5 Å². The molecule has 0 saturated carbocycles. The number of nitrogens with one attached hydrogen (secondary N) is 1. The maximum atomic E-state index is 12.6. The van der Waals surface area contributed by atoms with Crippen molar-refractivity contribution in [1.82, 2.24) is 5.32 Å². The van der Waals surface area contributed by atoms with Crippen molar-refractivity contribution in [3.8, 4) is 0 Å². The predicted molar refractivity (Wildman–Crippen MR) is 94.1 cm³/mol. The Morgan fingerprint density at radius 2 is 1.58 bits per heavy atom. The third-order valence-corrected chi connectivity index (χ3v) is 4.00. The van der Waals surface area contributed by atoms with Crippen LogP contribution in [0.15, 0.2) is 54.6 Å². The first-order valence-corrected chi connectivity index (χ1v) is 8.21. The zero-order valence-corrected chi connectivity index (χ0v) is 13.9. The number of carbonyl (C=O) groups is 2. The first kappa shape index (κ1) is 17.9. The van der Waals surface area contributed by atoms with E-state index >= 15 is 0 Å². The molecule has 0 aliphatic carbocycles. The molecule has 0 saturated heterocycles. The van der Waals surface area contributed by atoms with Crippen molar-refractivity contribution in [1.29, 1.82) is 0 Å². The Morgan fingerprint density at radius 3 is 2.25 bits per heavy atom. The van der Waals surface area contributed by atoms with Gasteiger partial charge >= 0.3 is 0 Å². The molecule has 0 fully saturated rings. The van der Waals surface area contributed by atoms with Gasteiger partial charge in [-0.15, -0.1) is 0 Å². The minimum absolute atomic E-state index is 0.156. The second kappa shape index (κ2) is 8.99. The van der Waals surface area contributed by atoms with Gasteiger partial charge in [-0.25, -0.2) is 0 Å². The maximum absolute atomic E-state index is 12.6. The molecule has 0 aliphatic rings. The van der Waals surface area contributed by atoms with Gasteiger partial charge in [0.1, 0.15) is 0 Å². The summed E-state index contributed by atoms with van der Waals surface area (Å²) in [5.41, 5.74) is 1.36. The van der Waals surface area contributed by atoms with Crippen molar-refractivity contribution in [2.75, 3.05) is 13.2 Å². The van der Waals surface area contributed by atoms with Crippen molar-refractivity contribution in [2.24, 2.45) is 5.92 Å². The number of hydrogen-bond acceptors (Lipinski definition) is 3. The van der Waals surface area contributed by atoms with E-state index in [0.29, 0.717) is 29.2 Å². The molecule has 2 N–H and O–H groups in total. The second-order valence-electron chi connectivity index (χ2n) is 5.90. The van der Waals surface area contributed by atoms with Crippen LogP contribution in [0, 0.1) is 5.92 Å². The van der Waals surface area contributed by atoms with E-state index in [0.717, 1.165) is 12.8 Å². The van der Waals surface area contributed by atoms with Crippen LogP contribution in [-0.2, 0) is 0 Å². The lowest BCUT2D eigenvalue weighted by Crippen LogP contribution is -2.27. The van der Waals surface area contributed by atoms with E-state index in [9.17, 15) is 9.59 Å². The van der Waals surface area contributed by atoms with Gasteiger partial charge in [-0.1, -0.05) is 55.5 Å². The van der Waals surface area contributed by atoms with Gasteiger partial charge in [0, 0.05) is 24.3 Å². The highest BCUT2D eigenvalue weighted by atomic mass is 16.3. The molecule has 2 rings (SSSR count). The highest BCUT2D eigenvalue weighted by molar-refractivity contribution is 6.15. The van der Waals surface area contributed by atoms with E-state index in [-0.39, 0.29) is 18.3 Å². The number of rotatable bonds is 8. The largest absolute Gasteiger partial charge is 0.396 e. The summed E-state index contributed by atoms with van der Waals surface area (Å²) in [5.74, 6) is -0.0578. The Morgan fingerprint density at radius 1 is 0.958 bits per heavy atom. The Kier molecular flexibility index (Phi) is 6.70. The highest BCUT2D eigenvalue weighted by Crippen LogP contribution is 2.15. The van der Waals surface area contributed by atoms with Gasteiger partial charge in [-0.2, -0.15) is 0 Å². The van der Waals surface area contributed by atoms with Gasteiger partial charge in [0.15, 0.2) is 5.78 Å². The molecular formula is C20H23NO3. The van der Waals surface area contributed by atoms with Crippen LogP contribution in [0.4, 0.5) is 0 Å². The zero-order chi connectivity index (χ0) is 17.4. The molecule has 0 bridgehead atoms. The lowest BCUT2D eigenvalue weighted by Gasteiger charge is -2.12. The van der Waals surface area contributed by atoms with Gasteiger partial charge in [0.2, 0.25) is 0 Å². The summed E-state index contributed by atoms with van der Waals surface area (Å²) in [6, 6.07) is 15.8. The molecule has 126 valence electrons. The third-order valence-electron chi connectivity index (χ3n) is 4.00. The summed E-state index contributed by atoms with van der Waals surface area (Å²) < 4.78 is 0. The van der Waals surface area contributed by atoms with E-state index in [1.165, 1.54) is 0 Å². The minimum Gasteiger partial charge on any atom is -0.396 e. The van der Waals surface area contributed by atoms with E-state index < -0.39 is 0 Å². The summed E-state index contributed by atoms with van der Waals surface area (Å²) in [6.07, 6.45) is 1.51. The Labute approximate surface area is 142 Å². The number of ketones is 1. The molecule has 0 spiro atoms. The number of aliphatic hydroxyl groups is 1. The number of hydrogen-bond donors (Lipinski definition) is 2. The molecule has 0 aromatic heterocycles. The van der Waals surface area contributed by atoms with Crippen LogP contribution < -0.4 is 5.32 Å². The van der Waals surface area contributed by atoms with Gasteiger partial charge < -0.3 is 10.4 Å². The lowest BCUT2D eigenvalue weighted by atomic mass is 9.98. The molecule has 0 unspecified atom stereocenters. The van der Waals surface area contributed by atoms with E-state index in [1.807, 2.05) is 13.0 Å². The van der Waals surface area contributed by atoms with Crippen LogP contribution in [0.1, 0.15) is 46.0 Å². The first-order chi connectivity index (χ1) is 11.6. The van der Waals surface area contributed by atoms with Crippen molar-refractivity contribution >= 4 is 11.7 Å². The molecule has 1 atom stereocenters. The van der Waals surface area contributed by atoms with E-state index in [2.05, 4.69) is 5.32 Å². The molecule has 0 radical (unpaired) electrons. The Hall–Kier alpha value is -2.46. The lowest BCUT2D eigenvalue weighted by molar-refractivity contribution is 0.0940. The quantitative estimate of drug-likeness (QED) is 0.733. The average Bonchev–Trinajstić information content (AvgIpc) is 2.62. The van der Waals surface area contributed by atoms with Crippen molar-refractivity contribution in [2.45, 2.75) is 19.8 Å². The van der Waals surface area contributed by atoms with Crippen molar-refractivity contribution in [3.05, 3.63) is 71.3 Å². The summed E-state index contributed by atoms with van der Waals surface area (Å²) in [7, 11) is 0.